The van der Waals surface area contributed by atoms with Gasteiger partial charge in [0.15, 0.2) is 5.76 Å². The Morgan fingerprint density at radius 3 is 2.44 bits per heavy atom. The quantitative estimate of drug-likeness (QED) is 0.869. The van der Waals surface area contributed by atoms with Crippen LogP contribution in [-0.4, -0.2) is 16.9 Å². The monoisotopic (exact) mass is 268 g/mol. The first kappa shape index (κ1) is 12.3. The maximum Gasteiger partial charge on any atom is 0.371 e. The Morgan fingerprint density at radius 1 is 1.17 bits per heavy atom. The summed E-state index contributed by atoms with van der Waals surface area (Å²) < 4.78 is 18.0. The van der Waals surface area contributed by atoms with Gasteiger partial charge < -0.3 is 9.52 Å². The lowest BCUT2D eigenvalue weighted by atomic mass is 10.1. The first-order chi connectivity index (χ1) is 8.50. The number of carboxylic acids is 1. The molecule has 18 heavy (non-hydrogen) atoms. The van der Waals surface area contributed by atoms with E-state index in [0.717, 1.165) is 12.1 Å². The lowest BCUT2D eigenvalue weighted by molar-refractivity contribution is 0.0660. The van der Waals surface area contributed by atoms with Gasteiger partial charge in [-0.25, -0.2) is 9.18 Å². The topological polar surface area (TPSA) is 67.5 Å². The van der Waals surface area contributed by atoms with E-state index in [9.17, 15) is 14.0 Å². The third-order valence-electron chi connectivity index (χ3n) is 2.24. The van der Waals surface area contributed by atoms with Crippen molar-refractivity contribution in [1.29, 1.82) is 0 Å². The number of hydrogen-bond donors (Lipinski definition) is 1. The largest absolute Gasteiger partial charge is 0.475 e. The smallest absolute Gasteiger partial charge is 0.371 e. The summed E-state index contributed by atoms with van der Waals surface area (Å²) in [5.74, 6) is -3.27. The molecule has 2 aromatic rings. The molecule has 0 unspecified atom stereocenters. The highest BCUT2D eigenvalue weighted by atomic mass is 35.5. The first-order valence-corrected chi connectivity index (χ1v) is 5.20. The Balaban J connectivity index is 2.41. The molecular weight excluding hydrogens is 263 g/mol. The molecule has 6 heteroatoms. The maximum absolute atomic E-state index is 13.2. The van der Waals surface area contributed by atoms with Gasteiger partial charge in [0.25, 0.3) is 0 Å². The van der Waals surface area contributed by atoms with E-state index in [1.54, 1.807) is 0 Å². The van der Waals surface area contributed by atoms with Gasteiger partial charge in [-0.3, -0.25) is 4.79 Å². The van der Waals surface area contributed by atoms with Crippen LogP contribution in [0.4, 0.5) is 4.39 Å². The highest BCUT2D eigenvalue weighted by Crippen LogP contribution is 2.23. The summed E-state index contributed by atoms with van der Waals surface area (Å²) in [6.07, 6.45) is 0. The van der Waals surface area contributed by atoms with E-state index in [4.69, 9.17) is 21.1 Å². The minimum absolute atomic E-state index is 0.0806. The SMILES string of the molecule is O=C(O)c1ccc(C(=O)c2cccc(F)c2Cl)o1. The van der Waals surface area contributed by atoms with Crippen LogP contribution < -0.4 is 0 Å². The summed E-state index contributed by atoms with van der Waals surface area (Å²) in [4.78, 5) is 22.5. The molecule has 0 spiro atoms. The van der Waals surface area contributed by atoms with Crippen molar-refractivity contribution in [3.05, 3.63) is 58.3 Å². The molecule has 0 saturated heterocycles. The number of ketones is 1. The van der Waals surface area contributed by atoms with E-state index < -0.39 is 17.6 Å². The van der Waals surface area contributed by atoms with E-state index in [1.165, 1.54) is 18.2 Å². The van der Waals surface area contributed by atoms with Crippen molar-refractivity contribution in [2.24, 2.45) is 0 Å². The van der Waals surface area contributed by atoms with Gasteiger partial charge in [0.05, 0.1) is 5.02 Å². The summed E-state index contributed by atoms with van der Waals surface area (Å²) in [5, 5.41) is 8.33. The fourth-order valence-electron chi connectivity index (χ4n) is 1.39. The Kier molecular flexibility index (Phi) is 3.16. The van der Waals surface area contributed by atoms with Crippen LogP contribution in [0.2, 0.25) is 5.02 Å². The molecular formula is C12H6ClFO4. The Labute approximate surface area is 106 Å². The molecule has 1 aromatic carbocycles. The molecule has 1 heterocycles. The van der Waals surface area contributed by atoms with Crippen LogP contribution in [-0.2, 0) is 0 Å². The Bertz CT molecular complexity index is 633. The van der Waals surface area contributed by atoms with Crippen LogP contribution in [0.3, 0.4) is 0 Å². The average molecular weight is 269 g/mol. The fourth-order valence-corrected chi connectivity index (χ4v) is 1.60. The fraction of sp³-hybridized carbons (Fsp3) is 0. The van der Waals surface area contributed by atoms with Crippen LogP contribution in [0.1, 0.15) is 26.7 Å². The van der Waals surface area contributed by atoms with E-state index in [1.807, 2.05) is 0 Å². The standard InChI is InChI=1S/C12H6ClFO4/c13-10-6(2-1-3-7(10)14)11(15)8-4-5-9(18-8)12(16)17/h1-5H,(H,16,17). The van der Waals surface area contributed by atoms with Crippen molar-refractivity contribution in [3.63, 3.8) is 0 Å². The number of carbonyl (C=O) groups is 2. The number of carboxylic acid groups (broad SMARTS) is 1. The molecule has 0 saturated carbocycles. The van der Waals surface area contributed by atoms with Crippen molar-refractivity contribution >= 4 is 23.4 Å². The predicted octanol–water partition coefficient (Wildman–Crippen LogP) is 3.00. The Morgan fingerprint density at radius 2 is 1.83 bits per heavy atom. The highest BCUT2D eigenvalue weighted by Gasteiger charge is 2.20. The minimum atomic E-state index is -1.29. The van der Waals surface area contributed by atoms with Gasteiger partial charge in [-0.2, -0.15) is 0 Å². The summed E-state index contributed by atoms with van der Waals surface area (Å²) in [6.45, 7) is 0. The summed E-state index contributed by atoms with van der Waals surface area (Å²) >= 11 is 5.65. The molecule has 0 amide bonds. The van der Waals surface area contributed by atoms with Gasteiger partial charge in [0.2, 0.25) is 11.5 Å². The summed E-state index contributed by atoms with van der Waals surface area (Å²) in [5.41, 5.74) is -0.0806. The first-order valence-electron chi connectivity index (χ1n) is 4.82. The second-order valence-electron chi connectivity index (χ2n) is 3.40. The number of furan rings is 1. The minimum Gasteiger partial charge on any atom is -0.475 e. The van der Waals surface area contributed by atoms with Crippen LogP contribution >= 0.6 is 11.6 Å². The van der Waals surface area contributed by atoms with Gasteiger partial charge in [0.1, 0.15) is 5.82 Å². The second kappa shape index (κ2) is 4.62. The van der Waals surface area contributed by atoms with E-state index in [0.29, 0.717) is 0 Å². The van der Waals surface area contributed by atoms with Crippen molar-refractivity contribution in [2.75, 3.05) is 0 Å². The van der Waals surface area contributed by atoms with Crippen LogP contribution in [0.15, 0.2) is 34.7 Å². The number of benzene rings is 1. The van der Waals surface area contributed by atoms with Crippen LogP contribution in [0.5, 0.6) is 0 Å². The number of halogens is 2. The number of carbonyl (C=O) groups excluding carboxylic acids is 1. The van der Waals surface area contributed by atoms with E-state index in [2.05, 4.69) is 0 Å². The maximum atomic E-state index is 13.2. The molecule has 0 aliphatic rings. The van der Waals surface area contributed by atoms with E-state index in [-0.39, 0.29) is 22.1 Å². The average Bonchev–Trinajstić information content (AvgIpc) is 2.81. The molecule has 1 N–H and O–H groups in total. The third kappa shape index (κ3) is 2.12. The zero-order valence-electron chi connectivity index (χ0n) is 8.81. The molecule has 0 aliphatic carbocycles. The molecule has 2 rings (SSSR count). The van der Waals surface area contributed by atoms with Gasteiger partial charge in [-0.05, 0) is 24.3 Å². The van der Waals surface area contributed by atoms with Crippen LogP contribution in [0, 0.1) is 5.82 Å². The normalized spacial score (nSPS) is 10.3. The van der Waals surface area contributed by atoms with Gasteiger partial charge in [0, 0.05) is 5.56 Å². The number of rotatable bonds is 3. The highest BCUT2D eigenvalue weighted by molar-refractivity contribution is 6.34. The molecule has 0 radical (unpaired) electrons. The molecule has 1 aromatic heterocycles. The number of hydrogen-bond acceptors (Lipinski definition) is 3. The number of aromatic carboxylic acids is 1. The molecule has 0 atom stereocenters. The van der Waals surface area contributed by atoms with Crippen molar-refractivity contribution < 1.29 is 23.5 Å². The lowest BCUT2D eigenvalue weighted by Gasteiger charge is -2.01. The van der Waals surface area contributed by atoms with Gasteiger partial charge in [-0.15, -0.1) is 0 Å². The van der Waals surface area contributed by atoms with Crippen LogP contribution in [0.25, 0.3) is 0 Å². The predicted molar refractivity (Wildman–Crippen MR) is 60.5 cm³/mol. The van der Waals surface area contributed by atoms with Crippen molar-refractivity contribution in [2.45, 2.75) is 0 Å². The molecule has 0 bridgehead atoms. The summed E-state index contributed by atoms with van der Waals surface area (Å²) in [6, 6.07) is 6.12. The van der Waals surface area contributed by atoms with Crippen molar-refractivity contribution in [1.82, 2.24) is 0 Å². The second-order valence-corrected chi connectivity index (χ2v) is 3.78. The molecule has 0 fully saturated rings. The molecule has 92 valence electrons. The van der Waals surface area contributed by atoms with E-state index >= 15 is 0 Å². The zero-order chi connectivity index (χ0) is 13.3. The Hall–Kier alpha value is -2.14. The third-order valence-corrected chi connectivity index (χ3v) is 2.62. The zero-order valence-corrected chi connectivity index (χ0v) is 9.57. The van der Waals surface area contributed by atoms with Gasteiger partial charge >= 0.3 is 5.97 Å². The molecule has 0 aliphatic heterocycles. The lowest BCUT2D eigenvalue weighted by Crippen LogP contribution is -2.02. The van der Waals surface area contributed by atoms with Crippen molar-refractivity contribution in [3.8, 4) is 0 Å². The summed E-state index contributed by atoms with van der Waals surface area (Å²) in [7, 11) is 0. The van der Waals surface area contributed by atoms with Gasteiger partial charge in [-0.1, -0.05) is 17.7 Å². The molecule has 4 nitrogen and oxygen atoms in total.